The van der Waals surface area contributed by atoms with Gasteiger partial charge in [0, 0.05) is 17.8 Å². The number of hydrogen-bond donors (Lipinski definition) is 2. The number of rotatable bonds is 6. The van der Waals surface area contributed by atoms with Crippen LogP contribution in [0.2, 0.25) is 0 Å². The van der Waals surface area contributed by atoms with Gasteiger partial charge in [0.2, 0.25) is 11.8 Å². The van der Waals surface area contributed by atoms with Gasteiger partial charge in [-0.05, 0) is 30.7 Å². The van der Waals surface area contributed by atoms with Crippen molar-refractivity contribution in [3.63, 3.8) is 0 Å². The molecule has 0 spiro atoms. The predicted octanol–water partition coefficient (Wildman–Crippen LogP) is 2.65. The van der Waals surface area contributed by atoms with Gasteiger partial charge in [0.15, 0.2) is 0 Å². The monoisotopic (exact) mass is 312 g/mol. The number of nitrogens with one attached hydrogen (secondary N) is 2. The zero-order valence-corrected chi connectivity index (χ0v) is 13.3. The summed E-state index contributed by atoms with van der Waals surface area (Å²) in [4.78, 5) is 23.7. The van der Waals surface area contributed by atoms with Crippen LogP contribution >= 0.6 is 0 Å². The third-order valence-corrected chi connectivity index (χ3v) is 3.29. The summed E-state index contributed by atoms with van der Waals surface area (Å²) in [6.45, 7) is 2.26. The molecule has 0 fully saturated rings. The van der Waals surface area contributed by atoms with Crippen molar-refractivity contribution in [1.82, 2.24) is 5.32 Å². The first-order valence-electron chi connectivity index (χ1n) is 7.33. The predicted molar refractivity (Wildman–Crippen MR) is 89.3 cm³/mol. The molecule has 0 aliphatic rings. The number of carbonyl (C=O) groups is 2. The highest BCUT2D eigenvalue weighted by molar-refractivity contribution is 6.03. The lowest BCUT2D eigenvalue weighted by molar-refractivity contribution is -0.126. The topological polar surface area (TPSA) is 67.4 Å². The Bertz CT molecular complexity index is 698. The van der Waals surface area contributed by atoms with E-state index in [0.29, 0.717) is 18.0 Å². The lowest BCUT2D eigenvalue weighted by Crippen LogP contribution is -2.27. The Kier molecular flexibility index (Phi) is 5.74. The molecular weight excluding hydrogens is 292 g/mol. The van der Waals surface area contributed by atoms with E-state index < -0.39 is 0 Å². The summed E-state index contributed by atoms with van der Waals surface area (Å²) >= 11 is 0. The fourth-order valence-electron chi connectivity index (χ4n) is 2.18. The zero-order valence-electron chi connectivity index (χ0n) is 13.3. The van der Waals surface area contributed by atoms with Crippen molar-refractivity contribution in [1.29, 1.82) is 0 Å². The molecule has 23 heavy (non-hydrogen) atoms. The average molecular weight is 312 g/mol. The Morgan fingerprint density at radius 1 is 1.04 bits per heavy atom. The molecule has 0 unspecified atom stereocenters. The van der Waals surface area contributed by atoms with Crippen molar-refractivity contribution in [3.8, 4) is 5.75 Å². The molecule has 0 saturated heterocycles. The highest BCUT2D eigenvalue weighted by Crippen LogP contribution is 2.16. The van der Waals surface area contributed by atoms with E-state index in [1.54, 1.807) is 13.2 Å². The Hall–Kier alpha value is -2.82. The highest BCUT2D eigenvalue weighted by atomic mass is 16.5. The van der Waals surface area contributed by atoms with Crippen LogP contribution in [-0.4, -0.2) is 18.9 Å². The van der Waals surface area contributed by atoms with Crippen LogP contribution in [0.3, 0.4) is 0 Å². The minimum atomic E-state index is -0.340. The number of aryl methyl sites for hydroxylation is 1. The summed E-state index contributed by atoms with van der Waals surface area (Å²) in [6.07, 6.45) is -0.219. The van der Waals surface area contributed by atoms with E-state index in [-0.39, 0.29) is 18.2 Å². The van der Waals surface area contributed by atoms with Crippen LogP contribution in [-0.2, 0) is 16.1 Å². The quantitative estimate of drug-likeness (QED) is 0.806. The van der Waals surface area contributed by atoms with Crippen molar-refractivity contribution in [2.24, 2.45) is 0 Å². The van der Waals surface area contributed by atoms with Gasteiger partial charge in [0.1, 0.15) is 12.2 Å². The van der Waals surface area contributed by atoms with Crippen molar-refractivity contribution in [2.75, 3.05) is 12.4 Å². The first-order valence-corrected chi connectivity index (χ1v) is 7.33. The van der Waals surface area contributed by atoms with Crippen LogP contribution in [0.25, 0.3) is 0 Å². The summed E-state index contributed by atoms with van der Waals surface area (Å²) in [6, 6.07) is 14.9. The maximum atomic E-state index is 11.9. The molecule has 5 heteroatoms. The maximum Gasteiger partial charge on any atom is 0.233 e. The van der Waals surface area contributed by atoms with E-state index in [9.17, 15) is 9.59 Å². The van der Waals surface area contributed by atoms with Gasteiger partial charge in [0.05, 0.1) is 7.11 Å². The lowest BCUT2D eigenvalue weighted by Gasteiger charge is -2.10. The molecule has 0 atom stereocenters. The third-order valence-electron chi connectivity index (χ3n) is 3.29. The smallest absolute Gasteiger partial charge is 0.233 e. The number of hydrogen-bond acceptors (Lipinski definition) is 3. The molecule has 0 aliphatic heterocycles. The fourth-order valence-corrected chi connectivity index (χ4v) is 2.18. The third kappa shape index (κ3) is 5.14. The van der Waals surface area contributed by atoms with Crippen LogP contribution < -0.4 is 15.4 Å². The number of carbonyl (C=O) groups excluding carboxylic acids is 2. The van der Waals surface area contributed by atoms with Gasteiger partial charge < -0.3 is 15.4 Å². The van der Waals surface area contributed by atoms with E-state index in [1.165, 1.54) is 0 Å². The van der Waals surface area contributed by atoms with Crippen molar-refractivity contribution < 1.29 is 14.3 Å². The molecular formula is C18H20N2O3. The number of benzene rings is 2. The average Bonchev–Trinajstić information content (AvgIpc) is 2.53. The van der Waals surface area contributed by atoms with E-state index >= 15 is 0 Å². The Morgan fingerprint density at radius 2 is 1.83 bits per heavy atom. The van der Waals surface area contributed by atoms with Gasteiger partial charge in [0.25, 0.3) is 0 Å². The summed E-state index contributed by atoms with van der Waals surface area (Å²) in [7, 11) is 1.58. The second kappa shape index (κ2) is 7.98. The second-order valence-electron chi connectivity index (χ2n) is 5.18. The number of para-hydroxylation sites is 1. The van der Waals surface area contributed by atoms with Crippen molar-refractivity contribution in [2.45, 2.75) is 19.9 Å². The first kappa shape index (κ1) is 16.5. The van der Waals surface area contributed by atoms with Crippen molar-refractivity contribution >= 4 is 17.5 Å². The normalized spacial score (nSPS) is 10.0. The molecule has 2 rings (SSSR count). The summed E-state index contributed by atoms with van der Waals surface area (Å²) < 4.78 is 5.22. The zero-order chi connectivity index (χ0) is 16.7. The van der Waals surface area contributed by atoms with Gasteiger partial charge in [-0.1, -0.05) is 30.3 Å². The molecule has 5 nitrogen and oxygen atoms in total. The number of anilines is 1. The summed E-state index contributed by atoms with van der Waals surface area (Å²) in [5.74, 6) is 0.0335. The summed E-state index contributed by atoms with van der Waals surface area (Å²) in [5, 5.41) is 5.43. The van der Waals surface area contributed by atoms with E-state index in [2.05, 4.69) is 10.6 Å². The van der Waals surface area contributed by atoms with E-state index in [4.69, 9.17) is 4.74 Å². The number of amides is 2. The minimum absolute atomic E-state index is 0.219. The van der Waals surface area contributed by atoms with Crippen LogP contribution in [0.5, 0.6) is 5.75 Å². The van der Waals surface area contributed by atoms with Crippen LogP contribution in [0.15, 0.2) is 48.5 Å². The Balaban J connectivity index is 1.83. The molecule has 0 aromatic heterocycles. The Labute approximate surface area is 135 Å². The van der Waals surface area contributed by atoms with Gasteiger partial charge in [-0.25, -0.2) is 0 Å². The molecule has 2 amide bonds. The van der Waals surface area contributed by atoms with Gasteiger partial charge in [-0.15, -0.1) is 0 Å². The largest absolute Gasteiger partial charge is 0.496 e. The maximum absolute atomic E-state index is 11.9. The molecule has 120 valence electrons. The molecule has 0 radical (unpaired) electrons. The Morgan fingerprint density at radius 3 is 2.57 bits per heavy atom. The fraction of sp³-hybridized carbons (Fsp3) is 0.222. The molecule has 2 N–H and O–H groups in total. The molecule has 0 heterocycles. The van der Waals surface area contributed by atoms with E-state index in [1.807, 2.05) is 49.4 Å². The van der Waals surface area contributed by atoms with Gasteiger partial charge in [-0.2, -0.15) is 0 Å². The SMILES string of the molecule is COc1ccccc1CNC(=O)CC(=O)Nc1cccc(C)c1. The molecule has 2 aromatic rings. The van der Waals surface area contributed by atoms with Crippen molar-refractivity contribution in [3.05, 3.63) is 59.7 Å². The molecule has 0 saturated carbocycles. The number of ether oxygens (including phenoxy) is 1. The highest BCUT2D eigenvalue weighted by Gasteiger charge is 2.10. The molecule has 0 aliphatic carbocycles. The van der Waals surface area contributed by atoms with Crippen LogP contribution in [0, 0.1) is 6.92 Å². The second-order valence-corrected chi connectivity index (χ2v) is 5.18. The van der Waals surface area contributed by atoms with Gasteiger partial charge in [-0.3, -0.25) is 9.59 Å². The molecule has 0 bridgehead atoms. The summed E-state index contributed by atoms with van der Waals surface area (Å²) in [5.41, 5.74) is 2.60. The standard InChI is InChI=1S/C18H20N2O3/c1-13-6-5-8-15(10-13)20-18(22)11-17(21)19-12-14-7-3-4-9-16(14)23-2/h3-10H,11-12H2,1-2H3,(H,19,21)(H,20,22). The first-order chi connectivity index (χ1) is 11.1. The minimum Gasteiger partial charge on any atom is -0.496 e. The molecule has 2 aromatic carbocycles. The lowest BCUT2D eigenvalue weighted by atomic mass is 10.2. The van der Waals surface area contributed by atoms with Crippen LogP contribution in [0.4, 0.5) is 5.69 Å². The van der Waals surface area contributed by atoms with E-state index in [0.717, 1.165) is 11.1 Å². The van der Waals surface area contributed by atoms with Crippen LogP contribution in [0.1, 0.15) is 17.5 Å². The van der Waals surface area contributed by atoms with Gasteiger partial charge >= 0.3 is 0 Å². The number of methoxy groups -OCH3 is 1.